The molecule has 0 saturated carbocycles. The Morgan fingerprint density at radius 3 is 2.38 bits per heavy atom. The first-order valence-electron chi connectivity index (χ1n) is 8.46. The van der Waals surface area contributed by atoms with Crippen molar-refractivity contribution in [2.45, 2.75) is 50.3 Å². The van der Waals surface area contributed by atoms with Crippen molar-refractivity contribution in [2.24, 2.45) is 0 Å². The molecule has 0 aromatic heterocycles. The quantitative estimate of drug-likeness (QED) is 0.388. The van der Waals surface area contributed by atoms with Gasteiger partial charge in [0.2, 0.25) is 0 Å². The van der Waals surface area contributed by atoms with Gasteiger partial charge in [0.05, 0.1) is 0 Å². The maximum absolute atomic E-state index is 11.7. The van der Waals surface area contributed by atoms with Gasteiger partial charge in [0.15, 0.2) is 0 Å². The molecule has 0 aliphatic rings. The third-order valence-corrected chi connectivity index (χ3v) is 4.83. The van der Waals surface area contributed by atoms with Crippen LogP contribution in [-0.4, -0.2) is 13.0 Å². The fraction of sp³-hybridized carbons (Fsp3) is 0.368. The number of para-hydroxylation sites is 1. The van der Waals surface area contributed by atoms with Crippen LogP contribution in [0.5, 0.6) is 17.2 Å². The van der Waals surface area contributed by atoms with E-state index in [-0.39, 0.29) is 67.8 Å². The summed E-state index contributed by atoms with van der Waals surface area (Å²) in [7, 11) is -4.41. The van der Waals surface area contributed by atoms with Crippen molar-refractivity contribution in [3.8, 4) is 17.2 Å². The first-order chi connectivity index (χ1) is 11.9. The Labute approximate surface area is 198 Å². The van der Waals surface area contributed by atoms with Crippen LogP contribution < -0.4 is 61.2 Å². The fourth-order valence-corrected chi connectivity index (χ4v) is 3.24. The summed E-state index contributed by atoms with van der Waals surface area (Å²) in [5.41, 5.74) is 0.848. The summed E-state index contributed by atoms with van der Waals surface area (Å²) in [5, 5.41) is 11.7. The number of rotatable bonds is 9. The third-order valence-electron chi connectivity index (χ3n) is 3.94. The second-order valence-corrected chi connectivity index (χ2v) is 7.35. The molecule has 0 fully saturated rings. The van der Waals surface area contributed by atoms with Crippen LogP contribution in [0, 0.1) is 0 Å². The van der Waals surface area contributed by atoms with E-state index in [2.05, 4.69) is 6.92 Å². The molecule has 2 aromatic rings. The Kier molecular flexibility index (Phi) is 10.4. The standard InChI is InChI=1S/C19H24O5S.K/c1-2-3-4-5-6-9-15-12-13-16(20)14-18(15)24-17-10-7-8-11-19(17)25(21,22)23;/h7-8,10-14,20H,2-6,9H2,1H3,(H,21,22,23);/q;+1/p-1. The molecule has 1 N–H and O–H groups in total. The molecule has 2 rings (SSSR count). The molecule has 26 heavy (non-hydrogen) atoms. The van der Waals surface area contributed by atoms with E-state index < -0.39 is 10.1 Å². The normalized spacial score (nSPS) is 11.0. The van der Waals surface area contributed by atoms with Gasteiger partial charge in [-0.05, 0) is 36.6 Å². The van der Waals surface area contributed by atoms with Crippen molar-refractivity contribution >= 4 is 10.1 Å². The van der Waals surface area contributed by atoms with Crippen molar-refractivity contribution < 1.29 is 74.2 Å². The zero-order valence-electron chi connectivity index (χ0n) is 15.3. The summed E-state index contributed by atoms with van der Waals surface area (Å²) in [5.74, 6) is 0.121. The molecule has 0 heterocycles. The van der Waals surface area contributed by atoms with Crippen LogP contribution in [0.1, 0.15) is 44.6 Å². The van der Waals surface area contributed by atoms with Crippen LogP contribution in [0.3, 0.4) is 0 Å². The molecule has 0 saturated heterocycles. The maximum atomic E-state index is 11.7. The predicted octanol–water partition coefficient (Wildman–Crippen LogP) is 1.32. The average molecular weight is 403 g/mol. The molecule has 0 bridgehead atoms. The molecule has 5 nitrogen and oxygen atoms in total. The number of hydrogen-bond donors (Lipinski definition) is 1. The first kappa shape index (κ1) is 23.6. The molecular formula is C19H23KO5S. The molecule has 0 aliphatic carbocycles. The minimum Gasteiger partial charge on any atom is -0.872 e. The van der Waals surface area contributed by atoms with E-state index >= 15 is 0 Å². The van der Waals surface area contributed by atoms with E-state index in [1.807, 2.05) is 0 Å². The molecule has 0 spiro atoms. The number of aryl methyl sites for hydroxylation is 1. The molecule has 0 unspecified atom stereocenters. The largest absolute Gasteiger partial charge is 1.00 e. The second kappa shape index (κ2) is 11.4. The summed E-state index contributed by atoms with van der Waals surface area (Å²) >= 11 is 0. The average Bonchev–Trinajstić information content (AvgIpc) is 2.56. The minimum absolute atomic E-state index is 0. The molecular weight excluding hydrogens is 379 g/mol. The number of ether oxygens (including phenoxy) is 1. The Hall–Kier alpha value is -0.414. The van der Waals surface area contributed by atoms with Gasteiger partial charge in [-0.2, -0.15) is 8.42 Å². The van der Waals surface area contributed by atoms with E-state index in [0.29, 0.717) is 5.75 Å². The molecule has 0 amide bonds. The van der Waals surface area contributed by atoms with Gasteiger partial charge >= 0.3 is 51.4 Å². The van der Waals surface area contributed by atoms with Crippen molar-refractivity contribution in [1.29, 1.82) is 0 Å². The van der Waals surface area contributed by atoms with Crippen LogP contribution in [0.4, 0.5) is 0 Å². The van der Waals surface area contributed by atoms with Crippen LogP contribution in [-0.2, 0) is 16.5 Å². The Balaban J connectivity index is 0.00000338. The van der Waals surface area contributed by atoms with E-state index in [0.717, 1.165) is 31.2 Å². The van der Waals surface area contributed by atoms with Gasteiger partial charge in [-0.25, -0.2) is 0 Å². The monoisotopic (exact) mass is 402 g/mol. The Morgan fingerprint density at radius 1 is 1.00 bits per heavy atom. The minimum atomic E-state index is -4.41. The van der Waals surface area contributed by atoms with Crippen molar-refractivity contribution in [3.05, 3.63) is 48.0 Å². The first-order valence-corrected chi connectivity index (χ1v) is 9.90. The van der Waals surface area contributed by atoms with Gasteiger partial charge in [-0.15, -0.1) is 5.75 Å². The van der Waals surface area contributed by atoms with E-state index in [9.17, 15) is 18.1 Å². The molecule has 0 atom stereocenters. The van der Waals surface area contributed by atoms with Gasteiger partial charge in [0.1, 0.15) is 16.4 Å². The van der Waals surface area contributed by atoms with Crippen molar-refractivity contribution in [2.75, 3.05) is 0 Å². The van der Waals surface area contributed by atoms with E-state index in [1.54, 1.807) is 12.1 Å². The molecule has 7 heteroatoms. The number of hydrogen-bond acceptors (Lipinski definition) is 4. The fourth-order valence-electron chi connectivity index (χ4n) is 2.62. The summed E-state index contributed by atoms with van der Waals surface area (Å²) in [6.45, 7) is 2.16. The summed E-state index contributed by atoms with van der Waals surface area (Å²) in [6.07, 6.45) is 6.34. The van der Waals surface area contributed by atoms with Crippen LogP contribution in [0.2, 0.25) is 0 Å². The summed E-state index contributed by atoms with van der Waals surface area (Å²) in [4.78, 5) is -0.319. The molecule has 0 radical (unpaired) electrons. The van der Waals surface area contributed by atoms with E-state index in [4.69, 9.17) is 4.74 Å². The topological polar surface area (TPSA) is 86.7 Å². The van der Waals surface area contributed by atoms with Gasteiger partial charge in [-0.1, -0.05) is 56.9 Å². The van der Waals surface area contributed by atoms with E-state index in [1.165, 1.54) is 43.2 Å². The Morgan fingerprint density at radius 2 is 1.69 bits per heavy atom. The summed E-state index contributed by atoms with van der Waals surface area (Å²) < 4.78 is 38.0. The van der Waals surface area contributed by atoms with Crippen LogP contribution in [0.15, 0.2) is 47.4 Å². The van der Waals surface area contributed by atoms with Gasteiger partial charge in [-0.3, -0.25) is 4.55 Å². The summed E-state index contributed by atoms with van der Waals surface area (Å²) in [6, 6.07) is 10.4. The van der Waals surface area contributed by atoms with Crippen molar-refractivity contribution in [1.82, 2.24) is 0 Å². The van der Waals surface area contributed by atoms with Crippen molar-refractivity contribution in [3.63, 3.8) is 0 Å². The number of benzene rings is 2. The molecule has 0 aliphatic heterocycles. The zero-order chi connectivity index (χ0) is 18.3. The maximum Gasteiger partial charge on any atom is 1.00 e. The molecule has 2 aromatic carbocycles. The smallest absolute Gasteiger partial charge is 0.872 e. The SMILES string of the molecule is CCCCCCCc1ccc([O-])cc1Oc1ccccc1S(=O)(=O)O.[K+]. The third kappa shape index (κ3) is 7.30. The van der Waals surface area contributed by atoms with Gasteiger partial charge in [0.25, 0.3) is 10.1 Å². The van der Waals surface area contributed by atoms with Gasteiger partial charge < -0.3 is 9.84 Å². The Bertz CT molecular complexity index is 805. The zero-order valence-corrected chi connectivity index (χ0v) is 19.2. The second-order valence-electron chi connectivity index (χ2n) is 5.96. The molecule has 136 valence electrons. The van der Waals surface area contributed by atoms with Crippen LogP contribution >= 0.6 is 0 Å². The predicted molar refractivity (Wildman–Crippen MR) is 94.7 cm³/mol. The number of unbranched alkanes of at least 4 members (excludes halogenated alkanes) is 4. The van der Waals surface area contributed by atoms with Gasteiger partial charge in [0, 0.05) is 0 Å². The van der Waals surface area contributed by atoms with Crippen LogP contribution in [0.25, 0.3) is 0 Å².